The summed E-state index contributed by atoms with van der Waals surface area (Å²) in [5.74, 6) is 1.54. The molecule has 0 radical (unpaired) electrons. The molecule has 0 aliphatic rings. The maximum Gasteiger partial charge on any atom is 0.253 e. The van der Waals surface area contributed by atoms with Crippen LogP contribution in [-0.4, -0.2) is 28.0 Å². The third-order valence-electron chi connectivity index (χ3n) is 5.63. The summed E-state index contributed by atoms with van der Waals surface area (Å²) in [4.78, 5) is 26.8. The number of rotatable bonds is 7. The quantitative estimate of drug-likeness (QED) is 0.286. The van der Waals surface area contributed by atoms with Gasteiger partial charge in [-0.05, 0) is 48.5 Å². The molecule has 3 aromatic carbocycles. The number of carbonyl (C=O) groups is 1. The molecule has 0 bridgehead atoms. The van der Waals surface area contributed by atoms with Crippen LogP contribution in [0.25, 0.3) is 22.3 Å². The third kappa shape index (κ3) is 4.96. The fourth-order valence-electron chi connectivity index (χ4n) is 3.86. The Labute approximate surface area is 213 Å². The Morgan fingerprint density at radius 1 is 0.972 bits per heavy atom. The lowest BCUT2D eigenvalue weighted by molar-refractivity contribution is 0.0951. The number of anilines is 2. The van der Waals surface area contributed by atoms with Crippen molar-refractivity contribution in [1.82, 2.24) is 20.3 Å². The second-order valence-corrected chi connectivity index (χ2v) is 8.40. The van der Waals surface area contributed by atoms with Crippen molar-refractivity contribution in [2.24, 2.45) is 0 Å². The molecule has 5 rings (SSSR count). The van der Waals surface area contributed by atoms with Crippen LogP contribution < -0.4 is 15.4 Å². The number of para-hydroxylation sites is 2. The molecule has 2 N–H and O–H groups in total. The predicted molar refractivity (Wildman–Crippen MR) is 142 cm³/mol. The molecule has 0 fully saturated rings. The number of benzene rings is 3. The van der Waals surface area contributed by atoms with E-state index >= 15 is 0 Å². The van der Waals surface area contributed by atoms with E-state index in [0.717, 1.165) is 22.3 Å². The summed E-state index contributed by atoms with van der Waals surface area (Å²) >= 11 is 6.29. The van der Waals surface area contributed by atoms with Gasteiger partial charge in [0.05, 0.1) is 23.9 Å². The number of methoxy groups -OCH3 is 1. The van der Waals surface area contributed by atoms with Gasteiger partial charge < -0.3 is 15.4 Å². The van der Waals surface area contributed by atoms with Crippen LogP contribution in [0.15, 0.2) is 91.3 Å². The summed E-state index contributed by atoms with van der Waals surface area (Å²) in [6.07, 6.45) is 3.41. The van der Waals surface area contributed by atoms with E-state index in [-0.39, 0.29) is 5.91 Å². The standard InChI is InChI=1S/C28H22ClN5O2/c1-36-25-11-5-2-7-18(25)17-31-28(35)21-9-3-4-10-23(21)33-27-22-15-20(29)12-13-24(22)32-26(34-27)19-8-6-14-30-16-19/h2-16H,17H2,1H3,(H,31,35)(H,32,33,34). The second kappa shape index (κ2) is 10.4. The van der Waals surface area contributed by atoms with Gasteiger partial charge in [0.15, 0.2) is 5.82 Å². The molecule has 0 aliphatic heterocycles. The predicted octanol–water partition coefficient (Wildman–Crippen LogP) is 6.03. The van der Waals surface area contributed by atoms with E-state index in [9.17, 15) is 4.79 Å². The Morgan fingerprint density at radius 2 is 1.81 bits per heavy atom. The van der Waals surface area contributed by atoms with Gasteiger partial charge in [0, 0.05) is 40.5 Å². The van der Waals surface area contributed by atoms with Gasteiger partial charge in [0.25, 0.3) is 5.91 Å². The molecule has 7 nitrogen and oxygen atoms in total. The van der Waals surface area contributed by atoms with Crippen LogP contribution in [0.3, 0.4) is 0 Å². The van der Waals surface area contributed by atoms with Gasteiger partial charge in [-0.15, -0.1) is 0 Å². The van der Waals surface area contributed by atoms with Crippen molar-refractivity contribution in [3.63, 3.8) is 0 Å². The average Bonchev–Trinajstić information content (AvgIpc) is 2.92. The normalized spacial score (nSPS) is 10.7. The minimum atomic E-state index is -0.229. The SMILES string of the molecule is COc1ccccc1CNC(=O)c1ccccc1Nc1nc(-c2cccnc2)nc2ccc(Cl)cc12. The van der Waals surface area contributed by atoms with Crippen LogP contribution in [0.1, 0.15) is 15.9 Å². The zero-order chi connectivity index (χ0) is 24.9. The van der Waals surface area contributed by atoms with Crippen molar-refractivity contribution in [1.29, 1.82) is 0 Å². The highest BCUT2D eigenvalue weighted by molar-refractivity contribution is 6.31. The molecule has 0 unspecified atom stereocenters. The van der Waals surface area contributed by atoms with Crippen molar-refractivity contribution >= 4 is 39.9 Å². The first-order chi connectivity index (χ1) is 17.6. The van der Waals surface area contributed by atoms with Gasteiger partial charge in [-0.3, -0.25) is 9.78 Å². The molecular weight excluding hydrogens is 474 g/mol. The number of pyridine rings is 1. The Balaban J connectivity index is 1.49. The van der Waals surface area contributed by atoms with Crippen molar-refractivity contribution in [2.45, 2.75) is 6.54 Å². The van der Waals surface area contributed by atoms with Crippen LogP contribution in [0.5, 0.6) is 5.75 Å². The maximum absolute atomic E-state index is 13.2. The zero-order valence-electron chi connectivity index (χ0n) is 19.4. The van der Waals surface area contributed by atoms with Crippen LogP contribution >= 0.6 is 11.6 Å². The van der Waals surface area contributed by atoms with Crippen LogP contribution in [0, 0.1) is 0 Å². The number of halogens is 1. The van der Waals surface area contributed by atoms with Crippen LogP contribution in [0.2, 0.25) is 5.02 Å². The van der Waals surface area contributed by atoms with Crippen molar-refractivity contribution in [2.75, 3.05) is 12.4 Å². The summed E-state index contributed by atoms with van der Waals surface area (Å²) in [5.41, 5.74) is 3.46. The fourth-order valence-corrected chi connectivity index (χ4v) is 4.03. The Hall–Kier alpha value is -4.49. The number of nitrogens with one attached hydrogen (secondary N) is 2. The highest BCUT2D eigenvalue weighted by atomic mass is 35.5. The molecule has 5 aromatic rings. The van der Waals surface area contributed by atoms with Crippen LogP contribution in [0.4, 0.5) is 11.5 Å². The van der Waals surface area contributed by atoms with Crippen molar-refractivity contribution in [3.8, 4) is 17.1 Å². The average molecular weight is 496 g/mol. The number of ether oxygens (including phenoxy) is 1. The van der Waals surface area contributed by atoms with Gasteiger partial charge >= 0.3 is 0 Å². The number of amides is 1. The smallest absolute Gasteiger partial charge is 0.253 e. The first-order valence-electron chi connectivity index (χ1n) is 11.3. The third-order valence-corrected chi connectivity index (χ3v) is 5.87. The van der Waals surface area contributed by atoms with Crippen molar-refractivity contribution < 1.29 is 9.53 Å². The first kappa shape index (κ1) is 23.3. The summed E-state index contributed by atoms with van der Waals surface area (Å²) in [6.45, 7) is 0.328. The summed E-state index contributed by atoms with van der Waals surface area (Å²) in [5, 5.41) is 7.61. The lowest BCUT2D eigenvalue weighted by Crippen LogP contribution is -2.24. The number of aromatic nitrogens is 3. The van der Waals surface area contributed by atoms with E-state index in [1.54, 1.807) is 37.7 Å². The summed E-state index contributed by atoms with van der Waals surface area (Å²) in [6, 6.07) is 24.0. The topological polar surface area (TPSA) is 89.0 Å². The Bertz CT molecular complexity index is 1540. The zero-order valence-corrected chi connectivity index (χ0v) is 20.2. The molecule has 0 atom stereocenters. The van der Waals surface area contributed by atoms with Gasteiger partial charge in [-0.1, -0.05) is 41.9 Å². The first-order valence-corrected chi connectivity index (χ1v) is 11.6. The molecule has 36 heavy (non-hydrogen) atoms. The molecule has 0 aliphatic carbocycles. The fraction of sp³-hybridized carbons (Fsp3) is 0.0714. The maximum atomic E-state index is 13.2. The highest BCUT2D eigenvalue weighted by Crippen LogP contribution is 2.30. The monoisotopic (exact) mass is 495 g/mol. The Kier molecular flexibility index (Phi) is 6.73. The van der Waals surface area contributed by atoms with Gasteiger partial charge in [0.1, 0.15) is 11.6 Å². The number of nitrogens with zero attached hydrogens (tertiary/aromatic N) is 3. The number of hydrogen-bond donors (Lipinski definition) is 2. The highest BCUT2D eigenvalue weighted by Gasteiger charge is 2.15. The lowest BCUT2D eigenvalue weighted by Gasteiger charge is -2.15. The van der Waals surface area contributed by atoms with E-state index < -0.39 is 0 Å². The molecular formula is C28H22ClN5O2. The molecule has 0 saturated carbocycles. The second-order valence-electron chi connectivity index (χ2n) is 7.96. The summed E-state index contributed by atoms with van der Waals surface area (Å²) in [7, 11) is 1.61. The number of hydrogen-bond acceptors (Lipinski definition) is 6. The van der Waals surface area contributed by atoms with Gasteiger partial charge in [-0.2, -0.15) is 0 Å². The van der Waals surface area contributed by atoms with E-state index in [1.807, 2.05) is 60.7 Å². The van der Waals surface area contributed by atoms with Crippen LogP contribution in [-0.2, 0) is 6.54 Å². The van der Waals surface area contributed by atoms with E-state index in [0.29, 0.717) is 40.0 Å². The largest absolute Gasteiger partial charge is 0.496 e. The Morgan fingerprint density at radius 3 is 2.64 bits per heavy atom. The van der Waals surface area contributed by atoms with E-state index in [1.165, 1.54) is 0 Å². The van der Waals surface area contributed by atoms with Gasteiger partial charge in [-0.25, -0.2) is 9.97 Å². The molecule has 1 amide bonds. The molecule has 178 valence electrons. The molecule has 2 heterocycles. The number of carbonyl (C=O) groups excluding carboxylic acids is 1. The van der Waals surface area contributed by atoms with Gasteiger partial charge in [0.2, 0.25) is 0 Å². The summed E-state index contributed by atoms with van der Waals surface area (Å²) < 4.78 is 5.39. The molecule has 2 aromatic heterocycles. The lowest BCUT2D eigenvalue weighted by atomic mass is 10.1. The van der Waals surface area contributed by atoms with Crippen molar-refractivity contribution in [3.05, 3.63) is 107 Å². The van der Waals surface area contributed by atoms with E-state index in [4.69, 9.17) is 21.3 Å². The molecule has 0 saturated heterocycles. The molecule has 0 spiro atoms. The number of fused-ring (bicyclic) bond motifs is 1. The minimum Gasteiger partial charge on any atom is -0.496 e. The van der Waals surface area contributed by atoms with E-state index in [2.05, 4.69) is 20.6 Å². The minimum absolute atomic E-state index is 0.229. The molecule has 8 heteroatoms.